The Bertz CT molecular complexity index is 651. The zero-order valence-electron chi connectivity index (χ0n) is 12.9. The van der Waals surface area contributed by atoms with Crippen LogP contribution in [0.4, 0.5) is 4.79 Å². The minimum atomic E-state index is -3.57. The van der Waals surface area contributed by atoms with Crippen LogP contribution in [0.5, 0.6) is 5.75 Å². The van der Waals surface area contributed by atoms with Crippen LogP contribution < -0.4 is 4.74 Å². The Morgan fingerprint density at radius 1 is 1.14 bits per heavy atom. The molecule has 1 saturated heterocycles. The molecular formula is C14H20N2O5S. The summed E-state index contributed by atoms with van der Waals surface area (Å²) in [4.78, 5) is 13.2. The van der Waals surface area contributed by atoms with Crippen LogP contribution in [0.15, 0.2) is 23.1 Å². The van der Waals surface area contributed by atoms with E-state index in [-0.39, 0.29) is 18.0 Å². The molecule has 0 aromatic heterocycles. The third kappa shape index (κ3) is 3.17. The standard InChI is InChI=1S/C14H20N2O5S/c1-11-10-12(4-5-13(11)20-2)22(18,19)16-8-6-15(7-9-16)14(17)21-3/h4-5,10H,6-9H2,1-3H3. The van der Waals surface area contributed by atoms with Crippen LogP contribution in [-0.2, 0) is 14.8 Å². The predicted molar refractivity (Wildman–Crippen MR) is 80.5 cm³/mol. The van der Waals surface area contributed by atoms with Gasteiger partial charge in [0.25, 0.3) is 0 Å². The lowest BCUT2D eigenvalue weighted by Crippen LogP contribution is -2.50. The first-order valence-corrected chi connectivity index (χ1v) is 8.32. The van der Waals surface area contributed by atoms with E-state index in [2.05, 4.69) is 4.74 Å². The van der Waals surface area contributed by atoms with Crippen molar-refractivity contribution < 1.29 is 22.7 Å². The number of benzene rings is 1. The number of piperazine rings is 1. The highest BCUT2D eigenvalue weighted by Crippen LogP contribution is 2.24. The number of sulfonamides is 1. The highest BCUT2D eigenvalue weighted by molar-refractivity contribution is 7.89. The molecule has 0 saturated carbocycles. The molecule has 1 amide bonds. The van der Waals surface area contributed by atoms with Crippen LogP contribution in [0, 0.1) is 6.92 Å². The number of aryl methyl sites for hydroxylation is 1. The molecule has 1 aliphatic heterocycles. The van der Waals surface area contributed by atoms with Gasteiger partial charge in [-0.25, -0.2) is 13.2 Å². The molecule has 1 heterocycles. The zero-order chi connectivity index (χ0) is 16.3. The lowest BCUT2D eigenvalue weighted by Gasteiger charge is -2.33. The Labute approximate surface area is 130 Å². The molecule has 0 bridgehead atoms. The number of carbonyl (C=O) groups excluding carboxylic acids is 1. The highest BCUT2D eigenvalue weighted by atomic mass is 32.2. The maximum atomic E-state index is 12.6. The number of carbonyl (C=O) groups is 1. The van der Waals surface area contributed by atoms with E-state index in [0.717, 1.165) is 5.56 Å². The fraction of sp³-hybridized carbons (Fsp3) is 0.500. The maximum Gasteiger partial charge on any atom is 0.409 e. The van der Waals surface area contributed by atoms with Crippen LogP contribution in [0.1, 0.15) is 5.56 Å². The molecule has 122 valence electrons. The van der Waals surface area contributed by atoms with E-state index in [1.165, 1.54) is 22.4 Å². The molecule has 0 N–H and O–H groups in total. The van der Waals surface area contributed by atoms with Crippen molar-refractivity contribution in [3.05, 3.63) is 23.8 Å². The van der Waals surface area contributed by atoms with E-state index in [9.17, 15) is 13.2 Å². The summed E-state index contributed by atoms with van der Waals surface area (Å²) in [6.07, 6.45) is -0.433. The minimum Gasteiger partial charge on any atom is -0.496 e. The van der Waals surface area contributed by atoms with Gasteiger partial charge in [0.15, 0.2) is 0 Å². The summed E-state index contributed by atoms with van der Waals surface area (Å²) >= 11 is 0. The number of rotatable bonds is 3. The predicted octanol–water partition coefficient (Wildman–Crippen LogP) is 1.08. The van der Waals surface area contributed by atoms with Gasteiger partial charge in [0.1, 0.15) is 5.75 Å². The van der Waals surface area contributed by atoms with Gasteiger partial charge in [0, 0.05) is 26.2 Å². The van der Waals surface area contributed by atoms with Gasteiger partial charge < -0.3 is 14.4 Å². The second-order valence-electron chi connectivity index (χ2n) is 4.99. The summed E-state index contributed by atoms with van der Waals surface area (Å²) in [7, 11) is -0.711. The fourth-order valence-electron chi connectivity index (χ4n) is 2.40. The Kier molecular flexibility index (Phi) is 4.92. The fourth-order valence-corrected chi connectivity index (χ4v) is 3.91. The molecule has 0 aliphatic carbocycles. The number of amides is 1. The smallest absolute Gasteiger partial charge is 0.409 e. The van der Waals surface area contributed by atoms with Gasteiger partial charge >= 0.3 is 6.09 Å². The molecule has 0 unspecified atom stereocenters. The topological polar surface area (TPSA) is 76.2 Å². The Hall–Kier alpha value is -1.80. The van der Waals surface area contributed by atoms with Gasteiger partial charge in [-0.05, 0) is 30.7 Å². The van der Waals surface area contributed by atoms with Crippen molar-refractivity contribution in [2.75, 3.05) is 40.4 Å². The third-order valence-electron chi connectivity index (χ3n) is 3.68. The van der Waals surface area contributed by atoms with E-state index in [1.54, 1.807) is 26.2 Å². The molecule has 1 aliphatic rings. The van der Waals surface area contributed by atoms with E-state index < -0.39 is 16.1 Å². The largest absolute Gasteiger partial charge is 0.496 e. The third-order valence-corrected chi connectivity index (χ3v) is 5.57. The summed E-state index contributed by atoms with van der Waals surface area (Å²) in [5.74, 6) is 0.648. The molecule has 1 aromatic rings. The highest BCUT2D eigenvalue weighted by Gasteiger charge is 2.30. The second-order valence-corrected chi connectivity index (χ2v) is 6.93. The molecule has 7 nitrogen and oxygen atoms in total. The van der Waals surface area contributed by atoms with Gasteiger partial charge in [0.2, 0.25) is 10.0 Å². The Morgan fingerprint density at radius 3 is 2.27 bits per heavy atom. The van der Waals surface area contributed by atoms with E-state index in [4.69, 9.17) is 4.74 Å². The van der Waals surface area contributed by atoms with Crippen molar-refractivity contribution in [2.24, 2.45) is 0 Å². The zero-order valence-corrected chi connectivity index (χ0v) is 13.7. The molecule has 1 fully saturated rings. The van der Waals surface area contributed by atoms with E-state index in [0.29, 0.717) is 18.8 Å². The van der Waals surface area contributed by atoms with Crippen LogP contribution in [0.2, 0.25) is 0 Å². The van der Waals surface area contributed by atoms with Crippen LogP contribution in [0.25, 0.3) is 0 Å². The average molecular weight is 328 g/mol. The first-order valence-electron chi connectivity index (χ1n) is 6.88. The molecule has 2 rings (SSSR count). The normalized spacial score (nSPS) is 16.4. The first-order chi connectivity index (χ1) is 10.4. The second kappa shape index (κ2) is 6.53. The van der Waals surface area contributed by atoms with Crippen molar-refractivity contribution in [1.82, 2.24) is 9.21 Å². The number of nitrogens with zero attached hydrogens (tertiary/aromatic N) is 2. The number of hydrogen-bond donors (Lipinski definition) is 0. The molecule has 0 radical (unpaired) electrons. The lowest BCUT2D eigenvalue weighted by atomic mass is 10.2. The number of methoxy groups -OCH3 is 2. The molecule has 0 atom stereocenters. The maximum absolute atomic E-state index is 12.6. The molecule has 8 heteroatoms. The summed E-state index contributed by atoms with van der Waals surface area (Å²) < 4.78 is 36.4. The van der Waals surface area contributed by atoms with Gasteiger partial charge in [-0.2, -0.15) is 4.31 Å². The summed E-state index contributed by atoms with van der Waals surface area (Å²) in [5, 5.41) is 0. The molecular weight excluding hydrogens is 308 g/mol. The van der Waals surface area contributed by atoms with Gasteiger partial charge in [0.05, 0.1) is 19.1 Å². The SMILES string of the molecule is COC(=O)N1CCN(S(=O)(=O)c2ccc(OC)c(C)c2)CC1. The summed E-state index contributed by atoms with van der Waals surface area (Å²) in [5.41, 5.74) is 0.761. The van der Waals surface area contributed by atoms with Crippen LogP contribution >= 0.6 is 0 Å². The number of hydrogen-bond acceptors (Lipinski definition) is 5. The van der Waals surface area contributed by atoms with Gasteiger partial charge in [-0.1, -0.05) is 0 Å². The molecule has 0 spiro atoms. The van der Waals surface area contributed by atoms with Crippen molar-refractivity contribution in [3.8, 4) is 5.75 Å². The van der Waals surface area contributed by atoms with E-state index >= 15 is 0 Å². The Balaban J connectivity index is 2.15. The molecule has 22 heavy (non-hydrogen) atoms. The quantitative estimate of drug-likeness (QED) is 0.830. The molecule has 1 aromatic carbocycles. The van der Waals surface area contributed by atoms with Crippen molar-refractivity contribution in [1.29, 1.82) is 0 Å². The summed E-state index contributed by atoms with van der Waals surface area (Å²) in [6.45, 7) is 2.94. The van der Waals surface area contributed by atoms with Gasteiger partial charge in [-0.15, -0.1) is 0 Å². The van der Waals surface area contributed by atoms with E-state index in [1.807, 2.05) is 0 Å². The van der Waals surface area contributed by atoms with Crippen molar-refractivity contribution in [3.63, 3.8) is 0 Å². The summed E-state index contributed by atoms with van der Waals surface area (Å²) in [6, 6.07) is 4.78. The number of ether oxygens (including phenoxy) is 2. The monoisotopic (exact) mass is 328 g/mol. The van der Waals surface area contributed by atoms with Crippen molar-refractivity contribution in [2.45, 2.75) is 11.8 Å². The van der Waals surface area contributed by atoms with Gasteiger partial charge in [-0.3, -0.25) is 0 Å². The Morgan fingerprint density at radius 2 is 1.77 bits per heavy atom. The van der Waals surface area contributed by atoms with Crippen LogP contribution in [-0.4, -0.2) is 64.1 Å². The average Bonchev–Trinajstić information content (AvgIpc) is 2.54. The van der Waals surface area contributed by atoms with Crippen LogP contribution in [0.3, 0.4) is 0 Å². The minimum absolute atomic E-state index is 0.234. The first kappa shape index (κ1) is 16.6. The van der Waals surface area contributed by atoms with Crippen molar-refractivity contribution >= 4 is 16.1 Å². The lowest BCUT2D eigenvalue weighted by molar-refractivity contribution is 0.108.